The van der Waals surface area contributed by atoms with Gasteiger partial charge < -0.3 is 10.1 Å². The number of hydrogen-bond acceptors (Lipinski definition) is 3. The van der Waals surface area contributed by atoms with Crippen molar-refractivity contribution < 1.29 is 9.53 Å². The summed E-state index contributed by atoms with van der Waals surface area (Å²) >= 11 is 0. The summed E-state index contributed by atoms with van der Waals surface area (Å²) in [6.45, 7) is 7.43. The summed E-state index contributed by atoms with van der Waals surface area (Å²) in [5.41, 5.74) is 5.62. The quantitative estimate of drug-likeness (QED) is 0.854. The Balaban J connectivity index is 2.09. The van der Waals surface area contributed by atoms with Crippen molar-refractivity contribution in [1.29, 1.82) is 0 Å². The van der Waals surface area contributed by atoms with Gasteiger partial charge in [-0.1, -0.05) is 12.1 Å². The molecule has 0 amide bonds. The summed E-state index contributed by atoms with van der Waals surface area (Å²) in [6, 6.07) is 9.71. The topological polar surface area (TPSA) is 38.3 Å². The van der Waals surface area contributed by atoms with E-state index < -0.39 is 0 Å². The third-order valence-electron chi connectivity index (χ3n) is 4.01. The van der Waals surface area contributed by atoms with Crippen molar-refractivity contribution in [2.24, 2.45) is 0 Å². The van der Waals surface area contributed by atoms with Gasteiger partial charge in [-0.2, -0.15) is 0 Å². The Bertz CT molecular complexity index is 719. The van der Waals surface area contributed by atoms with Crippen molar-refractivity contribution in [3.63, 3.8) is 0 Å². The fraction of sp³-hybridized carbons (Fsp3) is 0.278. The maximum absolute atomic E-state index is 12.9. The van der Waals surface area contributed by atoms with Crippen LogP contribution in [-0.4, -0.2) is 18.9 Å². The molecule has 0 unspecified atom stereocenters. The van der Waals surface area contributed by atoms with Gasteiger partial charge in [-0.3, -0.25) is 4.79 Å². The van der Waals surface area contributed by atoms with Crippen LogP contribution < -0.4 is 10.1 Å². The number of ether oxygens (including phenoxy) is 1. The molecule has 2 aromatic carbocycles. The fourth-order valence-electron chi connectivity index (χ4n) is 2.70. The minimum Gasteiger partial charge on any atom is -0.489 e. The number of nitrogens with one attached hydrogen (secondary N) is 1. The highest BCUT2D eigenvalue weighted by Crippen LogP contribution is 2.33. The Kier molecular flexibility index (Phi) is 3.42. The highest BCUT2D eigenvalue weighted by molar-refractivity contribution is 6.12. The maximum atomic E-state index is 12.9. The van der Waals surface area contributed by atoms with Gasteiger partial charge in [-0.15, -0.1) is 0 Å². The average Bonchev–Trinajstić information content (AvgIpc) is 2.49. The fourth-order valence-corrected chi connectivity index (χ4v) is 2.70. The van der Waals surface area contributed by atoms with Crippen LogP contribution >= 0.6 is 0 Å². The molecule has 0 spiro atoms. The number of anilines is 1. The zero-order valence-electron chi connectivity index (χ0n) is 12.6. The van der Waals surface area contributed by atoms with Crippen LogP contribution in [0.15, 0.2) is 30.3 Å². The smallest absolute Gasteiger partial charge is 0.197 e. The normalized spacial score (nSPS) is 13.1. The van der Waals surface area contributed by atoms with E-state index in [4.69, 9.17) is 4.74 Å². The largest absolute Gasteiger partial charge is 0.489 e. The molecule has 0 atom stereocenters. The zero-order chi connectivity index (χ0) is 15.0. The van der Waals surface area contributed by atoms with E-state index in [0.717, 1.165) is 28.9 Å². The number of rotatable bonds is 2. The predicted octanol–water partition coefficient (Wildman–Crippen LogP) is 3.65. The molecule has 1 N–H and O–H groups in total. The average molecular weight is 281 g/mol. The SMILES string of the molecule is Cc1cc(C)c(C(=O)c2cccc3c2OCCN3)cc1C. The van der Waals surface area contributed by atoms with Crippen LogP contribution in [0.25, 0.3) is 0 Å². The number of fused-ring (bicyclic) bond motifs is 1. The van der Waals surface area contributed by atoms with E-state index in [1.807, 2.05) is 38.1 Å². The van der Waals surface area contributed by atoms with Gasteiger partial charge in [0.2, 0.25) is 0 Å². The van der Waals surface area contributed by atoms with Crippen LogP contribution in [0.1, 0.15) is 32.6 Å². The number of aryl methyl sites for hydroxylation is 3. The van der Waals surface area contributed by atoms with Crippen molar-refractivity contribution in [2.45, 2.75) is 20.8 Å². The summed E-state index contributed by atoms with van der Waals surface area (Å²) < 4.78 is 5.71. The van der Waals surface area contributed by atoms with Gasteiger partial charge in [-0.25, -0.2) is 0 Å². The van der Waals surface area contributed by atoms with E-state index >= 15 is 0 Å². The first kappa shape index (κ1) is 13.7. The predicted molar refractivity (Wildman–Crippen MR) is 84.5 cm³/mol. The van der Waals surface area contributed by atoms with Gasteiger partial charge in [0.1, 0.15) is 6.61 Å². The molecule has 0 radical (unpaired) electrons. The molecule has 0 fully saturated rings. The molecule has 0 bridgehead atoms. The van der Waals surface area contributed by atoms with Crippen LogP contribution in [0, 0.1) is 20.8 Å². The molecule has 0 aromatic heterocycles. The lowest BCUT2D eigenvalue weighted by atomic mass is 9.94. The van der Waals surface area contributed by atoms with Gasteiger partial charge in [0, 0.05) is 12.1 Å². The van der Waals surface area contributed by atoms with E-state index in [2.05, 4.69) is 18.3 Å². The van der Waals surface area contributed by atoms with E-state index in [-0.39, 0.29) is 5.78 Å². The molecule has 3 rings (SSSR count). The molecular weight excluding hydrogens is 262 g/mol. The molecule has 0 aliphatic carbocycles. The molecule has 0 saturated carbocycles. The van der Waals surface area contributed by atoms with Crippen LogP contribution in [0.2, 0.25) is 0 Å². The van der Waals surface area contributed by atoms with Crippen molar-refractivity contribution in [3.8, 4) is 5.75 Å². The Hall–Kier alpha value is -2.29. The van der Waals surface area contributed by atoms with Gasteiger partial charge in [0.15, 0.2) is 11.5 Å². The zero-order valence-corrected chi connectivity index (χ0v) is 12.6. The number of hydrogen-bond donors (Lipinski definition) is 1. The second kappa shape index (κ2) is 5.24. The minimum absolute atomic E-state index is 0.0242. The summed E-state index contributed by atoms with van der Waals surface area (Å²) in [6.07, 6.45) is 0. The summed E-state index contributed by atoms with van der Waals surface area (Å²) in [7, 11) is 0. The number of ketones is 1. The second-order valence-electron chi connectivity index (χ2n) is 5.54. The van der Waals surface area contributed by atoms with Gasteiger partial charge in [-0.05, 0) is 55.7 Å². The lowest BCUT2D eigenvalue weighted by Gasteiger charge is -2.21. The lowest BCUT2D eigenvalue weighted by Crippen LogP contribution is -2.20. The first-order chi connectivity index (χ1) is 10.1. The van der Waals surface area contributed by atoms with Gasteiger partial charge in [0.05, 0.1) is 11.3 Å². The first-order valence-electron chi connectivity index (χ1n) is 7.20. The monoisotopic (exact) mass is 281 g/mol. The molecule has 1 aliphatic heterocycles. The van der Waals surface area contributed by atoms with E-state index in [0.29, 0.717) is 17.9 Å². The van der Waals surface area contributed by atoms with Crippen molar-refractivity contribution in [1.82, 2.24) is 0 Å². The Morgan fingerprint density at radius 1 is 1.05 bits per heavy atom. The van der Waals surface area contributed by atoms with E-state index in [1.165, 1.54) is 5.56 Å². The molecule has 3 nitrogen and oxygen atoms in total. The van der Waals surface area contributed by atoms with Gasteiger partial charge in [0.25, 0.3) is 0 Å². The minimum atomic E-state index is 0.0242. The maximum Gasteiger partial charge on any atom is 0.197 e. The highest BCUT2D eigenvalue weighted by Gasteiger charge is 2.21. The third kappa shape index (κ3) is 2.40. The summed E-state index contributed by atoms with van der Waals surface area (Å²) in [4.78, 5) is 12.9. The molecule has 108 valence electrons. The summed E-state index contributed by atoms with van der Waals surface area (Å²) in [5.74, 6) is 0.697. The summed E-state index contributed by atoms with van der Waals surface area (Å²) in [5, 5.41) is 3.27. The highest BCUT2D eigenvalue weighted by atomic mass is 16.5. The lowest BCUT2D eigenvalue weighted by molar-refractivity contribution is 0.103. The molecule has 3 heteroatoms. The van der Waals surface area contributed by atoms with Crippen LogP contribution in [0.5, 0.6) is 5.75 Å². The van der Waals surface area contributed by atoms with Crippen LogP contribution in [0.4, 0.5) is 5.69 Å². The number of carbonyl (C=O) groups excluding carboxylic acids is 1. The first-order valence-corrected chi connectivity index (χ1v) is 7.20. The molecule has 2 aromatic rings. The molecule has 1 aliphatic rings. The van der Waals surface area contributed by atoms with E-state index in [1.54, 1.807) is 0 Å². The van der Waals surface area contributed by atoms with Crippen LogP contribution in [-0.2, 0) is 0 Å². The number of carbonyl (C=O) groups is 1. The van der Waals surface area contributed by atoms with Crippen LogP contribution in [0.3, 0.4) is 0 Å². The molecule has 1 heterocycles. The third-order valence-corrected chi connectivity index (χ3v) is 4.01. The second-order valence-corrected chi connectivity index (χ2v) is 5.54. The number of benzene rings is 2. The van der Waals surface area contributed by atoms with Gasteiger partial charge >= 0.3 is 0 Å². The van der Waals surface area contributed by atoms with E-state index in [9.17, 15) is 4.79 Å². The Labute approximate surface area is 124 Å². The van der Waals surface area contributed by atoms with Crippen molar-refractivity contribution in [3.05, 3.63) is 58.1 Å². The molecular formula is C18H19NO2. The van der Waals surface area contributed by atoms with Crippen molar-refractivity contribution in [2.75, 3.05) is 18.5 Å². The number of para-hydroxylation sites is 1. The Morgan fingerprint density at radius 3 is 2.62 bits per heavy atom. The van der Waals surface area contributed by atoms with Crippen molar-refractivity contribution >= 4 is 11.5 Å². The molecule has 0 saturated heterocycles. The molecule has 21 heavy (non-hydrogen) atoms. The standard InChI is InChI=1S/C18H19NO2/c1-11-9-13(3)15(10-12(11)2)17(20)14-5-4-6-16-18(14)21-8-7-19-16/h4-6,9-10,19H,7-8H2,1-3H3. The Morgan fingerprint density at radius 2 is 1.81 bits per heavy atom.